The highest BCUT2D eigenvalue weighted by molar-refractivity contribution is 5.98. The van der Waals surface area contributed by atoms with Crippen molar-refractivity contribution in [2.24, 2.45) is 34.8 Å². The van der Waals surface area contributed by atoms with E-state index in [0.29, 0.717) is 23.1 Å². The molecule has 0 radical (unpaired) electrons. The first-order valence-electron chi connectivity index (χ1n) is 28.3. The van der Waals surface area contributed by atoms with Crippen LogP contribution in [-0.4, -0.2) is 133 Å². The van der Waals surface area contributed by atoms with Crippen molar-refractivity contribution in [2.45, 2.75) is 158 Å². The Kier molecular flexibility index (Phi) is 29.8. The number of ketones is 2. The van der Waals surface area contributed by atoms with Crippen molar-refractivity contribution >= 4 is 52.9 Å². The van der Waals surface area contributed by atoms with Crippen molar-refractivity contribution in [3.05, 3.63) is 108 Å². The van der Waals surface area contributed by atoms with Gasteiger partial charge < -0.3 is 65.3 Å². The molecule has 21 nitrogen and oxygen atoms in total. The predicted molar refractivity (Wildman–Crippen MR) is 305 cm³/mol. The van der Waals surface area contributed by atoms with Gasteiger partial charge >= 0.3 is 0 Å². The van der Waals surface area contributed by atoms with Crippen molar-refractivity contribution in [1.82, 2.24) is 37.2 Å². The quantitative estimate of drug-likeness (QED) is 0.0495. The maximum Gasteiger partial charge on any atom is 0.243 e. The summed E-state index contributed by atoms with van der Waals surface area (Å²) in [5, 5.41) is 30.0. The first-order chi connectivity index (χ1) is 38.6. The Morgan fingerprint density at radius 1 is 0.537 bits per heavy atom. The smallest absolute Gasteiger partial charge is 0.243 e. The van der Waals surface area contributed by atoms with Crippen LogP contribution in [-0.2, 0) is 62.4 Å². The second-order valence-corrected chi connectivity index (χ2v) is 20.7. The Bertz CT molecular complexity index is 2420. The summed E-state index contributed by atoms with van der Waals surface area (Å²) >= 11 is 0. The number of aliphatic hydroxyl groups excluding tert-OH is 1. The Morgan fingerprint density at radius 2 is 0.988 bits per heavy atom. The number of aliphatic hydroxyl groups is 1. The number of nitrogens with two attached hydrogens (primary N) is 4. The monoisotopic (exact) mass is 1110 g/mol. The molecule has 9 atom stereocenters. The lowest BCUT2D eigenvalue weighted by Crippen LogP contribution is -2.59. The molecule has 0 aromatic heterocycles. The SMILES string of the molecule is CCCCCCC[C@@H](O)CC(=O)N[C@H](CCN)C(=O)C[C@H]1CCNC(=O)[C@H](Cc2ccccc2)NC(=O)[C@H](CCN)NC(=O)[C@H](CCN)NC(=O)[C@H](Cc2ccccc2)NC(=O)[C@@H](Cc2ccccc2)CC(=O)[C@H](CCN)NC1=O. The van der Waals surface area contributed by atoms with E-state index in [1.54, 1.807) is 91.0 Å². The topological polar surface area (TPSA) is 362 Å². The number of Topliss-reactive ketones (excluding diaryl/α,β-unsaturated/α-hetero) is 2. The second kappa shape index (κ2) is 36.4. The fourth-order valence-corrected chi connectivity index (χ4v) is 9.64. The molecule has 7 amide bonds. The number of hydrogen-bond donors (Lipinski definition) is 12. The van der Waals surface area contributed by atoms with Crippen molar-refractivity contribution in [1.29, 1.82) is 0 Å². The molecule has 0 unspecified atom stereocenters. The molecule has 4 rings (SSSR count). The van der Waals surface area contributed by atoms with Crippen molar-refractivity contribution in [3.8, 4) is 0 Å². The van der Waals surface area contributed by atoms with Gasteiger partial charge in [0.2, 0.25) is 41.4 Å². The molecule has 0 saturated carbocycles. The fraction of sp³-hybridized carbons (Fsp3) is 0.542. The molecule has 3 aromatic carbocycles. The van der Waals surface area contributed by atoms with E-state index in [0.717, 1.165) is 32.1 Å². The van der Waals surface area contributed by atoms with Gasteiger partial charge in [-0.25, -0.2) is 0 Å². The number of rotatable bonds is 26. The van der Waals surface area contributed by atoms with Gasteiger partial charge in [0.05, 0.1) is 24.6 Å². The zero-order valence-corrected chi connectivity index (χ0v) is 46.3. The highest BCUT2D eigenvalue weighted by Crippen LogP contribution is 2.20. The Labute approximate surface area is 470 Å². The van der Waals surface area contributed by atoms with Crippen LogP contribution in [0.2, 0.25) is 0 Å². The van der Waals surface area contributed by atoms with Crippen molar-refractivity contribution < 1.29 is 48.3 Å². The standard InChI is InChI=1S/C59H87N11O10/c1-2-3-4-5-15-22-44(71)38-53(74)65-45(23-28-60)51(72)36-42-27-32-64-56(77)49(34-40-18-11-7-12-19-40)70-58(79)48(26-31-63)67-57(78)47(25-30-62)68-59(80)50(35-41-20-13-8-14-21-41)69-55(76)43(33-39-16-9-6-10-17-39)37-52(73)46(24-29-61)66-54(42)75/h6-14,16-21,42-50,71H,2-5,15,22-38,60-63H2,1H3,(H,64,77)(H,65,74)(H,66,75)(H,67,78)(H,68,80)(H,69,76)(H,70,79)/t42-,43+,44-,45-,46+,47+,48+,49+,50+/m1/s1. The van der Waals surface area contributed by atoms with E-state index in [2.05, 4.69) is 44.1 Å². The number of carbonyl (C=O) groups excluding carboxylic acids is 9. The number of unbranched alkanes of at least 4 members (excludes halogenated alkanes) is 4. The molecule has 3 aromatic rings. The van der Waals surface area contributed by atoms with Crippen molar-refractivity contribution in [2.75, 3.05) is 32.7 Å². The van der Waals surface area contributed by atoms with Crippen LogP contribution in [0.4, 0.5) is 0 Å². The van der Waals surface area contributed by atoms with Gasteiger partial charge in [-0.1, -0.05) is 130 Å². The lowest BCUT2D eigenvalue weighted by atomic mass is 9.89. The van der Waals surface area contributed by atoms with Crippen LogP contribution in [0.1, 0.15) is 114 Å². The van der Waals surface area contributed by atoms with Gasteiger partial charge in [0.15, 0.2) is 11.6 Å². The van der Waals surface area contributed by atoms with E-state index in [4.69, 9.17) is 22.9 Å². The average molecular weight is 1110 g/mol. The Balaban J connectivity index is 1.77. The normalized spacial score (nSPS) is 22.1. The number of amides is 7. The van der Waals surface area contributed by atoms with Crippen LogP contribution >= 0.6 is 0 Å². The molecule has 1 heterocycles. The van der Waals surface area contributed by atoms with Gasteiger partial charge in [0.1, 0.15) is 24.2 Å². The third-order valence-electron chi connectivity index (χ3n) is 14.2. The van der Waals surface area contributed by atoms with E-state index in [1.807, 2.05) is 0 Å². The maximum absolute atomic E-state index is 14.7. The molecule has 1 saturated heterocycles. The molecule has 21 heteroatoms. The number of benzene rings is 3. The molecule has 16 N–H and O–H groups in total. The minimum Gasteiger partial charge on any atom is -0.393 e. The molecule has 438 valence electrons. The molecule has 80 heavy (non-hydrogen) atoms. The second-order valence-electron chi connectivity index (χ2n) is 20.7. The predicted octanol–water partition coefficient (Wildman–Crippen LogP) is 0.801. The Morgan fingerprint density at radius 3 is 1.51 bits per heavy atom. The largest absolute Gasteiger partial charge is 0.393 e. The number of nitrogens with one attached hydrogen (secondary N) is 7. The molecule has 0 spiro atoms. The van der Waals surface area contributed by atoms with Crippen LogP contribution < -0.4 is 60.2 Å². The van der Waals surface area contributed by atoms with Gasteiger partial charge in [-0.2, -0.15) is 0 Å². The van der Waals surface area contributed by atoms with Crippen LogP contribution in [0.15, 0.2) is 91.0 Å². The van der Waals surface area contributed by atoms with E-state index >= 15 is 0 Å². The van der Waals surface area contributed by atoms with Gasteiger partial charge in [-0.15, -0.1) is 0 Å². The molecule has 1 aliphatic heterocycles. The van der Waals surface area contributed by atoms with E-state index in [1.165, 1.54) is 0 Å². The minimum absolute atomic E-state index is 0.00729. The summed E-state index contributed by atoms with van der Waals surface area (Å²) in [5.74, 6) is -8.43. The van der Waals surface area contributed by atoms with Gasteiger partial charge in [0.25, 0.3) is 0 Å². The molecule has 0 aliphatic carbocycles. The summed E-state index contributed by atoms with van der Waals surface area (Å²) in [4.78, 5) is 129. The van der Waals surface area contributed by atoms with E-state index in [9.17, 15) is 48.3 Å². The summed E-state index contributed by atoms with van der Waals surface area (Å²) in [7, 11) is 0. The number of hydrogen-bond acceptors (Lipinski definition) is 14. The van der Waals surface area contributed by atoms with E-state index in [-0.39, 0.29) is 90.5 Å². The fourth-order valence-electron chi connectivity index (χ4n) is 9.64. The highest BCUT2D eigenvalue weighted by atomic mass is 16.3. The highest BCUT2D eigenvalue weighted by Gasteiger charge is 2.36. The Hall–Kier alpha value is -6.91. The summed E-state index contributed by atoms with van der Waals surface area (Å²) in [6.45, 7) is 1.68. The summed E-state index contributed by atoms with van der Waals surface area (Å²) in [6, 6.07) is 19.0. The summed E-state index contributed by atoms with van der Waals surface area (Å²) in [6.07, 6.45) is 2.74. The molecule has 1 fully saturated rings. The van der Waals surface area contributed by atoms with Gasteiger partial charge in [-0.3, -0.25) is 43.2 Å². The average Bonchev–Trinajstić information content (AvgIpc) is 3.45. The van der Waals surface area contributed by atoms with Crippen molar-refractivity contribution in [3.63, 3.8) is 0 Å². The first-order valence-corrected chi connectivity index (χ1v) is 28.3. The van der Waals surface area contributed by atoms with Crippen LogP contribution in [0, 0.1) is 11.8 Å². The zero-order valence-electron chi connectivity index (χ0n) is 46.3. The molecular weight excluding hydrogens is 1020 g/mol. The summed E-state index contributed by atoms with van der Waals surface area (Å²) in [5.41, 5.74) is 25.9. The molecular formula is C59H87N11O10. The van der Waals surface area contributed by atoms with Crippen LogP contribution in [0.3, 0.4) is 0 Å². The molecule has 1 aliphatic rings. The van der Waals surface area contributed by atoms with Gasteiger partial charge in [0, 0.05) is 44.1 Å². The third kappa shape index (κ3) is 23.4. The minimum atomic E-state index is -1.30. The van der Waals surface area contributed by atoms with Gasteiger partial charge in [-0.05, 0) is 87.8 Å². The van der Waals surface area contributed by atoms with Crippen LogP contribution in [0.25, 0.3) is 0 Å². The molecule has 0 bridgehead atoms. The number of carbonyl (C=O) groups is 9. The maximum atomic E-state index is 14.7. The lowest BCUT2D eigenvalue weighted by Gasteiger charge is -2.27. The lowest BCUT2D eigenvalue weighted by molar-refractivity contribution is -0.136. The summed E-state index contributed by atoms with van der Waals surface area (Å²) < 4.78 is 0. The zero-order chi connectivity index (χ0) is 58.2. The third-order valence-corrected chi connectivity index (χ3v) is 14.2. The van der Waals surface area contributed by atoms with Crippen LogP contribution in [0.5, 0.6) is 0 Å². The first kappa shape index (κ1) is 65.6. The van der Waals surface area contributed by atoms with E-state index < -0.39 is 120 Å².